The van der Waals surface area contributed by atoms with Crippen LogP contribution < -0.4 is 5.32 Å². The summed E-state index contributed by atoms with van der Waals surface area (Å²) in [5, 5.41) is 3.74. The van der Waals surface area contributed by atoms with E-state index >= 15 is 0 Å². The summed E-state index contributed by atoms with van der Waals surface area (Å²) in [6.45, 7) is 5.73. The van der Waals surface area contributed by atoms with Gasteiger partial charge in [-0.2, -0.15) is 0 Å². The van der Waals surface area contributed by atoms with Crippen LogP contribution in [0.2, 0.25) is 0 Å². The molecule has 1 N–H and O–H groups in total. The van der Waals surface area contributed by atoms with Gasteiger partial charge in [-0.25, -0.2) is 8.42 Å². The molecule has 0 radical (unpaired) electrons. The molecule has 0 saturated carbocycles. The van der Waals surface area contributed by atoms with Crippen LogP contribution in [0.1, 0.15) is 58.8 Å². The van der Waals surface area contributed by atoms with Crippen LogP contribution >= 0.6 is 0 Å². The van der Waals surface area contributed by atoms with Gasteiger partial charge < -0.3 is 5.32 Å². The second kappa shape index (κ2) is 6.13. The maximum atomic E-state index is 11.7. The van der Waals surface area contributed by atoms with Gasteiger partial charge in [-0.15, -0.1) is 0 Å². The molecule has 4 heteroatoms. The topological polar surface area (TPSA) is 46.2 Å². The smallest absolute Gasteiger partial charge is 0.150 e. The highest BCUT2D eigenvalue weighted by molar-refractivity contribution is 7.91. The van der Waals surface area contributed by atoms with Crippen molar-refractivity contribution in [3.05, 3.63) is 0 Å². The van der Waals surface area contributed by atoms with Gasteiger partial charge in [0, 0.05) is 5.54 Å². The number of piperidine rings is 1. The molecule has 3 nitrogen and oxygen atoms in total. The van der Waals surface area contributed by atoms with Gasteiger partial charge in [0.05, 0.1) is 11.5 Å². The van der Waals surface area contributed by atoms with E-state index in [1.807, 2.05) is 0 Å². The third-order valence-corrected chi connectivity index (χ3v) is 7.08. The average molecular weight is 287 g/mol. The molecular formula is C15H29NO2S. The van der Waals surface area contributed by atoms with Crippen LogP contribution in [-0.2, 0) is 9.84 Å². The minimum atomic E-state index is -2.75. The van der Waals surface area contributed by atoms with Gasteiger partial charge in [0.2, 0.25) is 0 Å². The predicted octanol–water partition coefficient (Wildman–Crippen LogP) is 2.76. The van der Waals surface area contributed by atoms with Crippen molar-refractivity contribution in [2.75, 3.05) is 18.1 Å². The van der Waals surface area contributed by atoms with Gasteiger partial charge in [-0.1, -0.05) is 20.3 Å². The summed E-state index contributed by atoms with van der Waals surface area (Å²) in [7, 11) is -2.75. The molecule has 2 heterocycles. The highest BCUT2D eigenvalue weighted by Crippen LogP contribution is 2.34. The molecule has 0 aromatic carbocycles. The highest BCUT2D eigenvalue weighted by atomic mass is 32.2. The summed E-state index contributed by atoms with van der Waals surface area (Å²) in [4.78, 5) is 0. The first kappa shape index (κ1) is 15.3. The van der Waals surface area contributed by atoms with Crippen LogP contribution in [0.4, 0.5) is 0 Å². The Morgan fingerprint density at radius 2 is 2.05 bits per heavy atom. The number of rotatable bonds is 4. The van der Waals surface area contributed by atoms with Gasteiger partial charge in [-0.3, -0.25) is 0 Å². The van der Waals surface area contributed by atoms with E-state index in [9.17, 15) is 8.42 Å². The van der Waals surface area contributed by atoms with E-state index < -0.39 is 9.84 Å². The van der Waals surface area contributed by atoms with Crippen LogP contribution in [0.3, 0.4) is 0 Å². The lowest BCUT2D eigenvalue weighted by Gasteiger charge is -2.43. The second-order valence-electron chi connectivity index (χ2n) is 6.86. The second-order valence-corrected chi connectivity index (χ2v) is 9.08. The van der Waals surface area contributed by atoms with Crippen molar-refractivity contribution in [3.63, 3.8) is 0 Å². The highest BCUT2D eigenvalue weighted by Gasteiger charge is 2.36. The van der Waals surface area contributed by atoms with Crippen molar-refractivity contribution in [1.82, 2.24) is 5.32 Å². The molecule has 2 atom stereocenters. The molecule has 2 saturated heterocycles. The Labute approximate surface area is 118 Å². The first-order chi connectivity index (χ1) is 8.94. The van der Waals surface area contributed by atoms with Crippen molar-refractivity contribution in [2.24, 2.45) is 11.8 Å². The fraction of sp³-hybridized carbons (Fsp3) is 1.00. The SMILES string of the molecule is CC(C)C1(CCC2CCCS(=O)(=O)C2)CCCCN1. The van der Waals surface area contributed by atoms with Gasteiger partial charge in [0.15, 0.2) is 9.84 Å². The maximum Gasteiger partial charge on any atom is 0.150 e. The Balaban J connectivity index is 1.92. The standard InChI is InChI=1S/C15H29NO2S/c1-13(2)15(8-3-4-10-16-15)9-7-14-6-5-11-19(17,18)12-14/h13-14,16H,3-12H2,1-2H3. The quantitative estimate of drug-likeness (QED) is 0.865. The summed E-state index contributed by atoms with van der Waals surface area (Å²) in [5.41, 5.74) is 0.263. The Hall–Kier alpha value is -0.0900. The molecule has 2 rings (SSSR count). The summed E-state index contributed by atoms with van der Waals surface area (Å²) < 4.78 is 23.4. The zero-order chi connectivity index (χ0) is 13.9. The molecule has 2 unspecified atom stereocenters. The van der Waals surface area contributed by atoms with E-state index in [1.54, 1.807) is 0 Å². The summed E-state index contributed by atoms with van der Waals surface area (Å²) in [5.74, 6) is 1.88. The molecule has 0 aliphatic carbocycles. The zero-order valence-corrected chi connectivity index (χ0v) is 13.3. The van der Waals surface area contributed by atoms with E-state index in [0.29, 0.717) is 23.3 Å². The van der Waals surface area contributed by atoms with Gasteiger partial charge >= 0.3 is 0 Å². The van der Waals surface area contributed by atoms with Crippen molar-refractivity contribution in [1.29, 1.82) is 0 Å². The van der Waals surface area contributed by atoms with Crippen LogP contribution in [0.25, 0.3) is 0 Å². The largest absolute Gasteiger partial charge is 0.311 e. The van der Waals surface area contributed by atoms with Crippen LogP contribution in [-0.4, -0.2) is 32.0 Å². The minimum absolute atomic E-state index is 0.263. The van der Waals surface area contributed by atoms with Crippen molar-refractivity contribution in [3.8, 4) is 0 Å². The first-order valence-corrected chi connectivity index (χ1v) is 9.71. The van der Waals surface area contributed by atoms with E-state index in [0.717, 1.165) is 32.2 Å². The molecule has 0 aromatic heterocycles. The average Bonchev–Trinajstić information content (AvgIpc) is 2.36. The van der Waals surface area contributed by atoms with E-state index in [4.69, 9.17) is 0 Å². The molecule has 0 spiro atoms. The lowest BCUT2D eigenvalue weighted by atomic mass is 9.74. The van der Waals surface area contributed by atoms with Crippen molar-refractivity contribution < 1.29 is 8.42 Å². The minimum Gasteiger partial charge on any atom is -0.311 e. The monoisotopic (exact) mass is 287 g/mol. The van der Waals surface area contributed by atoms with Crippen LogP contribution in [0.15, 0.2) is 0 Å². The van der Waals surface area contributed by atoms with Gasteiger partial charge in [-0.05, 0) is 56.9 Å². The van der Waals surface area contributed by atoms with Crippen LogP contribution in [0.5, 0.6) is 0 Å². The molecule has 19 heavy (non-hydrogen) atoms. The summed E-state index contributed by atoms with van der Waals surface area (Å²) in [6.07, 6.45) is 8.04. The maximum absolute atomic E-state index is 11.7. The first-order valence-electron chi connectivity index (χ1n) is 7.89. The van der Waals surface area contributed by atoms with Crippen molar-refractivity contribution in [2.45, 2.75) is 64.3 Å². The molecule has 2 aliphatic heterocycles. The van der Waals surface area contributed by atoms with Gasteiger partial charge in [0.25, 0.3) is 0 Å². The summed E-state index contributed by atoms with van der Waals surface area (Å²) in [6, 6.07) is 0. The Bertz CT molecular complexity index is 383. The molecule has 112 valence electrons. The third-order valence-electron chi connectivity index (χ3n) is 5.19. The Kier molecular flexibility index (Phi) is 4.93. The fourth-order valence-electron chi connectivity index (χ4n) is 3.79. The number of hydrogen-bond acceptors (Lipinski definition) is 3. The molecule has 0 bridgehead atoms. The van der Waals surface area contributed by atoms with E-state index in [1.165, 1.54) is 19.3 Å². The van der Waals surface area contributed by atoms with E-state index in [2.05, 4.69) is 19.2 Å². The molecule has 0 amide bonds. The zero-order valence-electron chi connectivity index (χ0n) is 12.5. The third kappa shape index (κ3) is 3.94. The lowest BCUT2D eigenvalue weighted by molar-refractivity contribution is 0.158. The Morgan fingerprint density at radius 1 is 1.26 bits per heavy atom. The molecule has 2 aliphatic rings. The van der Waals surface area contributed by atoms with E-state index in [-0.39, 0.29) is 5.54 Å². The fourth-order valence-corrected chi connectivity index (χ4v) is 5.62. The Morgan fingerprint density at radius 3 is 2.63 bits per heavy atom. The van der Waals surface area contributed by atoms with Gasteiger partial charge in [0.1, 0.15) is 0 Å². The molecular weight excluding hydrogens is 258 g/mol. The molecule has 2 fully saturated rings. The van der Waals surface area contributed by atoms with Crippen molar-refractivity contribution >= 4 is 9.84 Å². The number of hydrogen-bond donors (Lipinski definition) is 1. The lowest BCUT2D eigenvalue weighted by Crippen LogP contribution is -2.52. The van der Waals surface area contributed by atoms with Crippen LogP contribution in [0, 0.1) is 11.8 Å². The summed E-state index contributed by atoms with van der Waals surface area (Å²) >= 11 is 0. The predicted molar refractivity (Wildman–Crippen MR) is 80.0 cm³/mol. The number of nitrogens with one attached hydrogen (secondary N) is 1. The number of sulfone groups is 1. The molecule has 0 aromatic rings. The normalized spacial score (nSPS) is 35.4.